The molecule has 1 aromatic rings. The van der Waals surface area contributed by atoms with Crippen molar-refractivity contribution in [3.05, 3.63) is 23.8 Å². The second-order valence-corrected chi connectivity index (χ2v) is 10.5. The average Bonchev–Trinajstić information content (AvgIpc) is 2.84. The van der Waals surface area contributed by atoms with Gasteiger partial charge in [-0.3, -0.25) is 0 Å². The van der Waals surface area contributed by atoms with Crippen LogP contribution in [0.3, 0.4) is 0 Å². The van der Waals surface area contributed by atoms with E-state index in [2.05, 4.69) is 11.8 Å². The number of unbranched alkanes of at least 4 members (excludes halogenated alkanes) is 22. The van der Waals surface area contributed by atoms with Gasteiger partial charge in [-0.15, -0.1) is 0 Å². The van der Waals surface area contributed by atoms with E-state index in [-0.39, 0.29) is 5.75 Å². The monoisotopic (exact) mass is 476 g/mol. The van der Waals surface area contributed by atoms with Gasteiger partial charge in [-0.1, -0.05) is 148 Å². The van der Waals surface area contributed by atoms with Gasteiger partial charge in [0.05, 0.1) is 0 Å². The zero-order chi connectivity index (χ0) is 24.5. The lowest BCUT2D eigenvalue weighted by atomic mass is 10.0. The topological polar surface area (TPSA) is 49.7 Å². The first-order valence-electron chi connectivity index (χ1n) is 14.9. The largest absolute Gasteiger partial charge is 0.508 e. The molecule has 0 radical (unpaired) electrons. The highest BCUT2D eigenvalue weighted by atomic mass is 17.1. The predicted octanol–water partition coefficient (Wildman–Crippen LogP) is 10.8. The summed E-state index contributed by atoms with van der Waals surface area (Å²) < 4.78 is 0. The van der Waals surface area contributed by atoms with Gasteiger partial charge in [0.15, 0.2) is 5.75 Å². The van der Waals surface area contributed by atoms with E-state index in [1.54, 1.807) is 12.1 Å². The Bertz CT molecular complexity index is 558. The van der Waals surface area contributed by atoms with Crippen LogP contribution in [0.2, 0.25) is 0 Å². The lowest BCUT2D eigenvalue weighted by Crippen LogP contribution is -1.90. The fourth-order valence-corrected chi connectivity index (χ4v) is 4.96. The minimum absolute atomic E-state index is 0.149. The van der Waals surface area contributed by atoms with E-state index in [4.69, 9.17) is 5.26 Å². The number of hydrogen-bond acceptors (Lipinski definition) is 3. The summed E-state index contributed by atoms with van der Waals surface area (Å²) in [4.78, 5) is 4.23. The summed E-state index contributed by atoms with van der Waals surface area (Å²) in [5.41, 5.74) is 1.02. The van der Waals surface area contributed by atoms with Gasteiger partial charge < -0.3 is 9.99 Å². The number of phenolic OH excluding ortho intramolecular Hbond substituents is 1. The number of hydrogen-bond donors (Lipinski definition) is 2. The Kier molecular flexibility index (Phi) is 21.3. The normalized spacial score (nSPS) is 11.2. The maximum absolute atomic E-state index is 9.62. The molecule has 0 aliphatic carbocycles. The Hall–Kier alpha value is -1.22. The summed E-state index contributed by atoms with van der Waals surface area (Å²) in [6.45, 7) is 2.29. The molecule has 0 aliphatic rings. The average molecular weight is 477 g/mol. The third-order valence-corrected chi connectivity index (χ3v) is 7.13. The number of aromatic hydroxyl groups is 1. The van der Waals surface area contributed by atoms with E-state index in [0.717, 1.165) is 18.4 Å². The third-order valence-electron chi connectivity index (χ3n) is 7.13. The van der Waals surface area contributed by atoms with E-state index in [0.29, 0.717) is 5.75 Å². The molecule has 0 aromatic heterocycles. The number of aryl methyl sites for hydroxylation is 1. The molecule has 0 bridgehead atoms. The molecule has 2 N–H and O–H groups in total. The van der Waals surface area contributed by atoms with Crippen molar-refractivity contribution < 1.29 is 15.3 Å². The SMILES string of the molecule is CCCCCCCCCCCCCCCCCCCCCCCCCc1cc(O)cc(OO)c1. The number of rotatable bonds is 25. The van der Waals surface area contributed by atoms with E-state index < -0.39 is 0 Å². The van der Waals surface area contributed by atoms with Crippen LogP contribution in [-0.2, 0) is 6.42 Å². The summed E-state index contributed by atoms with van der Waals surface area (Å²) in [6.07, 6.45) is 33.2. The molecular formula is C31H56O3. The van der Waals surface area contributed by atoms with Gasteiger partial charge in [-0.25, -0.2) is 5.26 Å². The third kappa shape index (κ3) is 19.1. The van der Waals surface area contributed by atoms with Crippen LogP contribution in [0.4, 0.5) is 0 Å². The van der Waals surface area contributed by atoms with E-state index in [1.165, 1.54) is 147 Å². The van der Waals surface area contributed by atoms with Crippen molar-refractivity contribution in [1.82, 2.24) is 0 Å². The number of benzene rings is 1. The van der Waals surface area contributed by atoms with Gasteiger partial charge in [0.2, 0.25) is 0 Å². The lowest BCUT2D eigenvalue weighted by Gasteiger charge is -2.05. The molecule has 0 saturated heterocycles. The second kappa shape index (κ2) is 23.5. The Morgan fingerprint density at radius 2 is 0.853 bits per heavy atom. The fraction of sp³-hybridized carbons (Fsp3) is 0.806. The van der Waals surface area contributed by atoms with E-state index in [1.807, 2.05) is 0 Å². The first kappa shape index (κ1) is 30.8. The van der Waals surface area contributed by atoms with E-state index in [9.17, 15) is 5.11 Å². The predicted molar refractivity (Wildman–Crippen MR) is 147 cm³/mol. The minimum atomic E-state index is 0.149. The van der Waals surface area contributed by atoms with Crippen LogP contribution in [0.15, 0.2) is 18.2 Å². The van der Waals surface area contributed by atoms with Crippen LogP contribution >= 0.6 is 0 Å². The maximum Gasteiger partial charge on any atom is 0.169 e. The van der Waals surface area contributed by atoms with Crippen molar-refractivity contribution in [2.45, 2.75) is 161 Å². The van der Waals surface area contributed by atoms with Gasteiger partial charge in [0.1, 0.15) is 5.75 Å². The molecule has 0 aliphatic heterocycles. The van der Waals surface area contributed by atoms with Crippen molar-refractivity contribution >= 4 is 0 Å². The van der Waals surface area contributed by atoms with Gasteiger partial charge >= 0.3 is 0 Å². The summed E-state index contributed by atoms with van der Waals surface area (Å²) in [6, 6.07) is 4.96. The van der Waals surface area contributed by atoms with Crippen LogP contribution in [0.1, 0.15) is 160 Å². The van der Waals surface area contributed by atoms with Crippen LogP contribution in [0.5, 0.6) is 11.5 Å². The molecule has 198 valence electrons. The molecule has 1 aromatic carbocycles. The zero-order valence-corrected chi connectivity index (χ0v) is 22.5. The minimum Gasteiger partial charge on any atom is -0.508 e. The molecule has 0 fully saturated rings. The van der Waals surface area contributed by atoms with Crippen LogP contribution in [0, 0.1) is 0 Å². The first-order valence-corrected chi connectivity index (χ1v) is 14.9. The van der Waals surface area contributed by atoms with Crippen molar-refractivity contribution in [1.29, 1.82) is 0 Å². The Labute approximate surface area is 211 Å². The molecule has 0 saturated carbocycles. The standard InChI is InChI=1S/C31H56O3/c1-2-3-4-5-6-7-8-9-10-11-12-13-14-15-16-17-18-19-20-21-22-23-24-25-29-26-30(32)28-31(27-29)34-33/h26-28,32-33H,2-25H2,1H3. The quantitative estimate of drug-likeness (QED) is 0.0838. The molecular weight excluding hydrogens is 420 g/mol. The molecule has 0 atom stereocenters. The van der Waals surface area contributed by atoms with Gasteiger partial charge in [-0.05, 0) is 30.5 Å². The molecule has 0 heterocycles. The summed E-state index contributed by atoms with van der Waals surface area (Å²) >= 11 is 0. The summed E-state index contributed by atoms with van der Waals surface area (Å²) in [5.74, 6) is 0.458. The van der Waals surface area contributed by atoms with Crippen molar-refractivity contribution in [3.8, 4) is 11.5 Å². The van der Waals surface area contributed by atoms with Gasteiger partial charge in [0, 0.05) is 6.07 Å². The molecule has 34 heavy (non-hydrogen) atoms. The number of phenols is 1. The molecule has 0 amide bonds. The molecule has 0 unspecified atom stereocenters. The van der Waals surface area contributed by atoms with E-state index >= 15 is 0 Å². The molecule has 1 rings (SSSR count). The molecule has 3 nitrogen and oxygen atoms in total. The fourth-order valence-electron chi connectivity index (χ4n) is 4.96. The smallest absolute Gasteiger partial charge is 0.169 e. The maximum atomic E-state index is 9.62. The molecule has 0 spiro atoms. The van der Waals surface area contributed by atoms with Crippen LogP contribution < -0.4 is 4.89 Å². The van der Waals surface area contributed by atoms with Crippen molar-refractivity contribution in [2.75, 3.05) is 0 Å². The summed E-state index contributed by atoms with van der Waals surface area (Å²) in [7, 11) is 0. The van der Waals surface area contributed by atoms with Gasteiger partial charge in [0.25, 0.3) is 0 Å². The van der Waals surface area contributed by atoms with Crippen LogP contribution in [0.25, 0.3) is 0 Å². The highest BCUT2D eigenvalue weighted by Crippen LogP contribution is 2.23. The van der Waals surface area contributed by atoms with Gasteiger partial charge in [-0.2, -0.15) is 0 Å². The first-order chi connectivity index (χ1) is 16.8. The summed E-state index contributed by atoms with van der Waals surface area (Å²) in [5, 5.41) is 18.3. The van der Waals surface area contributed by atoms with Crippen molar-refractivity contribution in [3.63, 3.8) is 0 Å². The zero-order valence-electron chi connectivity index (χ0n) is 22.5. The molecule has 3 heteroatoms. The van der Waals surface area contributed by atoms with Crippen LogP contribution in [-0.4, -0.2) is 10.4 Å². The Morgan fingerprint density at radius 1 is 0.500 bits per heavy atom. The Balaban J connectivity index is 1.73. The Morgan fingerprint density at radius 3 is 1.21 bits per heavy atom. The highest BCUT2D eigenvalue weighted by molar-refractivity contribution is 5.37. The lowest BCUT2D eigenvalue weighted by molar-refractivity contribution is -0.137. The second-order valence-electron chi connectivity index (χ2n) is 10.5. The van der Waals surface area contributed by atoms with Crippen molar-refractivity contribution in [2.24, 2.45) is 0 Å². The highest BCUT2D eigenvalue weighted by Gasteiger charge is 2.02.